The first-order valence-corrected chi connectivity index (χ1v) is 11.8. The lowest BCUT2D eigenvalue weighted by atomic mass is 9.85. The summed E-state index contributed by atoms with van der Waals surface area (Å²) in [6, 6.07) is 10.2. The number of benzene rings is 1. The van der Waals surface area contributed by atoms with E-state index in [0.29, 0.717) is 0 Å². The van der Waals surface area contributed by atoms with E-state index in [0.717, 1.165) is 11.9 Å². The molecule has 1 atom stereocenters. The topological polar surface area (TPSA) is 69.7 Å². The summed E-state index contributed by atoms with van der Waals surface area (Å²) in [5.41, 5.74) is 1.84. The Hall–Kier alpha value is -2.21. The van der Waals surface area contributed by atoms with Gasteiger partial charge in [-0.25, -0.2) is 0 Å². The largest absolute Gasteiger partial charge is 0.468 e. The van der Waals surface area contributed by atoms with Crippen LogP contribution < -0.4 is 5.19 Å². The summed E-state index contributed by atoms with van der Waals surface area (Å²) in [4.78, 5) is 36.1. The van der Waals surface area contributed by atoms with Crippen LogP contribution in [0.25, 0.3) is 0 Å². The zero-order valence-electron chi connectivity index (χ0n) is 15.8. The van der Waals surface area contributed by atoms with Gasteiger partial charge in [-0.3, -0.25) is 9.59 Å². The fourth-order valence-corrected chi connectivity index (χ4v) is 6.32. The first-order valence-electron chi connectivity index (χ1n) is 8.68. The van der Waals surface area contributed by atoms with Crippen molar-refractivity contribution in [1.82, 2.24) is 0 Å². The monoisotopic (exact) mass is 374 g/mol. The van der Waals surface area contributed by atoms with Gasteiger partial charge >= 0.3 is 11.9 Å². The number of aldehydes is 1. The van der Waals surface area contributed by atoms with E-state index in [1.807, 2.05) is 18.2 Å². The summed E-state index contributed by atoms with van der Waals surface area (Å²) in [6.45, 7) is 4.42. The Bertz CT molecular complexity index is 692. The molecule has 0 spiro atoms. The number of methoxy groups -OCH3 is 2. The third-order valence-corrected chi connectivity index (χ3v) is 8.14. The summed E-state index contributed by atoms with van der Waals surface area (Å²) in [7, 11) is 0.590. The lowest BCUT2D eigenvalue weighted by Crippen LogP contribution is -2.40. The molecule has 6 heteroatoms. The molecule has 1 fully saturated rings. The molecule has 5 nitrogen and oxygen atoms in total. The van der Waals surface area contributed by atoms with Crippen LogP contribution >= 0.6 is 0 Å². The molecule has 0 aliphatic heterocycles. The van der Waals surface area contributed by atoms with Gasteiger partial charge in [-0.1, -0.05) is 59.9 Å². The van der Waals surface area contributed by atoms with Crippen molar-refractivity contribution in [2.75, 3.05) is 14.2 Å². The van der Waals surface area contributed by atoms with E-state index in [1.54, 1.807) is 0 Å². The van der Waals surface area contributed by atoms with Crippen LogP contribution in [-0.4, -0.2) is 40.5 Å². The highest BCUT2D eigenvalue weighted by molar-refractivity contribution is 6.94. The third kappa shape index (κ3) is 3.80. The number of ether oxygens (including phenoxy) is 2. The molecule has 1 aliphatic rings. The zero-order valence-corrected chi connectivity index (χ0v) is 16.8. The fourth-order valence-electron chi connectivity index (χ4n) is 3.84. The average molecular weight is 375 g/mol. The Morgan fingerprint density at radius 2 is 1.73 bits per heavy atom. The summed E-state index contributed by atoms with van der Waals surface area (Å²) in [5.74, 6) is -1.34. The third-order valence-electron chi connectivity index (χ3n) is 5.22. The van der Waals surface area contributed by atoms with Gasteiger partial charge in [-0.15, -0.1) is 0 Å². The number of carbonyl (C=O) groups is 3. The molecule has 0 heterocycles. The quantitative estimate of drug-likeness (QED) is 0.331. The fraction of sp³-hybridized carbons (Fsp3) is 0.450. The minimum atomic E-state index is -1.95. The normalized spacial score (nSPS) is 20.6. The summed E-state index contributed by atoms with van der Waals surface area (Å²) >= 11 is 0. The van der Waals surface area contributed by atoms with E-state index in [-0.39, 0.29) is 25.2 Å². The standard InChI is InChI=1S/C20H26O5Si/c1-24-18(22)20(19(23)25-2)12-15(10-11-21)16(13-20)14-26(3,4)17-8-6-5-7-9-17/h5-9,11,14-15H,10,12-13H2,1-4H3/b16-14+. The van der Waals surface area contributed by atoms with Crippen LogP contribution in [0.2, 0.25) is 13.1 Å². The molecule has 1 aliphatic carbocycles. The van der Waals surface area contributed by atoms with E-state index in [9.17, 15) is 14.4 Å². The predicted octanol–water partition coefficient (Wildman–Crippen LogP) is 2.40. The number of allylic oxidation sites excluding steroid dienone is 1. The van der Waals surface area contributed by atoms with Gasteiger partial charge in [-0.2, -0.15) is 0 Å². The van der Waals surface area contributed by atoms with Gasteiger partial charge in [0.05, 0.1) is 14.2 Å². The number of rotatable bonds is 6. The van der Waals surface area contributed by atoms with Crippen LogP contribution in [0.15, 0.2) is 41.6 Å². The van der Waals surface area contributed by atoms with Crippen LogP contribution in [-0.2, 0) is 23.9 Å². The van der Waals surface area contributed by atoms with E-state index >= 15 is 0 Å². The molecule has 1 unspecified atom stereocenters. The molecule has 26 heavy (non-hydrogen) atoms. The highest BCUT2D eigenvalue weighted by Gasteiger charge is 2.55. The van der Waals surface area contributed by atoms with Crippen LogP contribution in [0, 0.1) is 11.3 Å². The van der Waals surface area contributed by atoms with E-state index in [2.05, 4.69) is 30.9 Å². The van der Waals surface area contributed by atoms with Crippen LogP contribution in [0.5, 0.6) is 0 Å². The Morgan fingerprint density at radius 1 is 1.15 bits per heavy atom. The van der Waals surface area contributed by atoms with Gasteiger partial charge in [0.25, 0.3) is 0 Å². The smallest absolute Gasteiger partial charge is 0.323 e. The van der Waals surface area contributed by atoms with Crippen molar-refractivity contribution in [3.05, 3.63) is 41.6 Å². The highest BCUT2D eigenvalue weighted by Crippen LogP contribution is 2.48. The van der Waals surface area contributed by atoms with Crippen molar-refractivity contribution < 1.29 is 23.9 Å². The minimum absolute atomic E-state index is 0.152. The van der Waals surface area contributed by atoms with E-state index in [1.165, 1.54) is 19.4 Å². The highest BCUT2D eigenvalue weighted by atomic mass is 28.3. The second kappa shape index (κ2) is 7.99. The molecule has 1 aromatic rings. The van der Waals surface area contributed by atoms with Gasteiger partial charge in [-0.05, 0) is 18.8 Å². The summed E-state index contributed by atoms with van der Waals surface area (Å²) < 4.78 is 9.81. The lowest BCUT2D eigenvalue weighted by molar-refractivity contribution is -0.168. The molecule has 0 bridgehead atoms. The molecule has 1 aromatic carbocycles. The first kappa shape index (κ1) is 20.1. The van der Waals surface area contributed by atoms with Crippen molar-refractivity contribution in [2.45, 2.75) is 32.4 Å². The SMILES string of the molecule is COC(=O)C1(C(=O)OC)C/C(=C\[Si](C)(C)c2ccccc2)C(CC=O)C1. The lowest BCUT2D eigenvalue weighted by Gasteiger charge is -2.23. The second-order valence-electron chi connectivity index (χ2n) is 7.35. The van der Waals surface area contributed by atoms with Crippen molar-refractivity contribution >= 4 is 31.5 Å². The van der Waals surface area contributed by atoms with Crippen molar-refractivity contribution in [3.63, 3.8) is 0 Å². The maximum absolute atomic E-state index is 12.4. The van der Waals surface area contributed by atoms with Gasteiger partial charge in [0.2, 0.25) is 0 Å². The number of esters is 2. The van der Waals surface area contributed by atoms with Crippen LogP contribution in [0.4, 0.5) is 0 Å². The number of hydrogen-bond acceptors (Lipinski definition) is 5. The molecular weight excluding hydrogens is 348 g/mol. The minimum Gasteiger partial charge on any atom is -0.468 e. The Labute approximate surface area is 155 Å². The Morgan fingerprint density at radius 3 is 2.23 bits per heavy atom. The van der Waals surface area contributed by atoms with E-state index in [4.69, 9.17) is 9.47 Å². The molecule has 0 aromatic heterocycles. The van der Waals surface area contributed by atoms with E-state index < -0.39 is 25.4 Å². The Balaban J connectivity index is 2.47. The molecule has 0 radical (unpaired) electrons. The second-order valence-corrected chi connectivity index (χ2v) is 11.7. The predicted molar refractivity (Wildman–Crippen MR) is 102 cm³/mol. The molecule has 0 N–H and O–H groups in total. The van der Waals surface area contributed by atoms with Crippen molar-refractivity contribution in [1.29, 1.82) is 0 Å². The molecular formula is C20H26O5Si. The maximum Gasteiger partial charge on any atom is 0.323 e. The van der Waals surface area contributed by atoms with Crippen molar-refractivity contribution in [2.24, 2.45) is 11.3 Å². The Kier molecular flexibility index (Phi) is 6.18. The number of carbonyl (C=O) groups excluding carboxylic acids is 3. The maximum atomic E-state index is 12.4. The average Bonchev–Trinajstić information content (AvgIpc) is 3.00. The molecule has 0 amide bonds. The zero-order chi connectivity index (χ0) is 19.4. The van der Waals surface area contributed by atoms with Crippen LogP contribution in [0.1, 0.15) is 19.3 Å². The summed E-state index contributed by atoms with van der Waals surface area (Å²) in [5, 5.41) is 1.26. The van der Waals surface area contributed by atoms with Crippen molar-refractivity contribution in [3.8, 4) is 0 Å². The molecule has 1 saturated carbocycles. The molecule has 0 saturated heterocycles. The van der Waals surface area contributed by atoms with Gasteiger partial charge in [0.1, 0.15) is 14.4 Å². The number of hydrogen-bond donors (Lipinski definition) is 0. The molecule has 140 valence electrons. The van der Waals surface area contributed by atoms with Gasteiger partial charge < -0.3 is 14.3 Å². The van der Waals surface area contributed by atoms with Gasteiger partial charge in [0.15, 0.2) is 5.41 Å². The summed E-state index contributed by atoms with van der Waals surface area (Å²) in [6.07, 6.45) is 1.62. The van der Waals surface area contributed by atoms with Crippen LogP contribution in [0.3, 0.4) is 0 Å². The first-order chi connectivity index (χ1) is 12.3. The molecule has 2 rings (SSSR count). The van der Waals surface area contributed by atoms with Gasteiger partial charge in [0, 0.05) is 6.42 Å².